The summed E-state index contributed by atoms with van der Waals surface area (Å²) in [5.74, 6) is 0.196. The summed E-state index contributed by atoms with van der Waals surface area (Å²) in [4.78, 5) is 32.5. The van der Waals surface area contributed by atoms with Crippen LogP contribution < -0.4 is 10.4 Å². The van der Waals surface area contributed by atoms with Crippen LogP contribution in [0.1, 0.15) is 45.6 Å². The molecule has 10 heteroatoms. The van der Waals surface area contributed by atoms with E-state index in [1.165, 1.54) is 19.2 Å². The van der Waals surface area contributed by atoms with Gasteiger partial charge in [0.2, 0.25) is 15.9 Å². The zero-order chi connectivity index (χ0) is 23.1. The van der Waals surface area contributed by atoms with E-state index in [1.807, 2.05) is 4.90 Å². The first-order chi connectivity index (χ1) is 15.1. The molecule has 2 aliphatic heterocycles. The van der Waals surface area contributed by atoms with Crippen LogP contribution in [-0.4, -0.2) is 73.4 Å². The maximum absolute atomic E-state index is 12.7. The first kappa shape index (κ1) is 23.0. The van der Waals surface area contributed by atoms with Crippen molar-refractivity contribution in [1.82, 2.24) is 24.1 Å². The van der Waals surface area contributed by atoms with Gasteiger partial charge in [0.1, 0.15) is 0 Å². The van der Waals surface area contributed by atoms with Crippen LogP contribution in [0.25, 0.3) is 11.0 Å². The molecule has 0 aliphatic carbocycles. The number of hydrogen-bond acceptors (Lipinski definition) is 5. The molecule has 2 fully saturated rings. The van der Waals surface area contributed by atoms with E-state index < -0.39 is 10.0 Å². The summed E-state index contributed by atoms with van der Waals surface area (Å²) in [5, 5.41) is 0. The lowest BCUT2D eigenvalue weighted by Crippen LogP contribution is -2.47. The standard InChI is InChI=1S/C22H33N5O4S/c1-22(2)8-12-26(13-9-22)20(28)15-25-10-6-16(7-11-25)27-19-5-4-17(32(30,31)23-3)14-18(19)24-21(27)29/h4-5,14,16,23H,6-13,15H2,1-3H3,(H,24,29). The van der Waals surface area contributed by atoms with Gasteiger partial charge < -0.3 is 9.88 Å². The molecule has 0 bridgehead atoms. The number of nitrogens with one attached hydrogen (secondary N) is 2. The molecular weight excluding hydrogens is 430 g/mol. The quantitative estimate of drug-likeness (QED) is 0.699. The van der Waals surface area contributed by atoms with Crippen LogP contribution in [-0.2, 0) is 14.8 Å². The van der Waals surface area contributed by atoms with E-state index in [4.69, 9.17) is 0 Å². The van der Waals surface area contributed by atoms with E-state index in [0.717, 1.165) is 51.9 Å². The number of likely N-dealkylation sites (tertiary alicyclic amines) is 2. The van der Waals surface area contributed by atoms with Gasteiger partial charge in [-0.05, 0) is 56.3 Å². The summed E-state index contributed by atoms with van der Waals surface area (Å²) >= 11 is 0. The molecule has 32 heavy (non-hydrogen) atoms. The number of carbonyl (C=O) groups excluding carboxylic acids is 1. The number of H-pyrrole nitrogens is 1. The Bertz CT molecular complexity index is 1150. The number of piperidine rings is 2. The molecule has 0 atom stereocenters. The van der Waals surface area contributed by atoms with Crippen LogP contribution >= 0.6 is 0 Å². The Balaban J connectivity index is 1.40. The van der Waals surface area contributed by atoms with E-state index in [1.54, 1.807) is 10.6 Å². The number of sulfonamides is 1. The lowest BCUT2D eigenvalue weighted by molar-refractivity contribution is -0.134. The van der Waals surface area contributed by atoms with Gasteiger partial charge in [-0.1, -0.05) is 13.8 Å². The highest BCUT2D eigenvalue weighted by Crippen LogP contribution is 2.30. The molecule has 1 amide bonds. The van der Waals surface area contributed by atoms with Gasteiger partial charge in [-0.25, -0.2) is 17.9 Å². The molecule has 176 valence electrons. The largest absolute Gasteiger partial charge is 0.342 e. The van der Waals surface area contributed by atoms with Gasteiger partial charge in [-0.2, -0.15) is 0 Å². The van der Waals surface area contributed by atoms with Gasteiger partial charge >= 0.3 is 5.69 Å². The van der Waals surface area contributed by atoms with Crippen molar-refractivity contribution in [2.75, 3.05) is 39.8 Å². The number of fused-ring (bicyclic) bond motifs is 1. The molecule has 1 aromatic heterocycles. The van der Waals surface area contributed by atoms with Crippen molar-refractivity contribution in [2.24, 2.45) is 5.41 Å². The summed E-state index contributed by atoms with van der Waals surface area (Å²) in [5.41, 5.74) is 1.30. The fourth-order valence-corrected chi connectivity index (χ4v) is 5.50. The third-order valence-electron chi connectivity index (χ3n) is 7.02. The average Bonchev–Trinajstić information content (AvgIpc) is 3.09. The summed E-state index contributed by atoms with van der Waals surface area (Å²) < 4.78 is 28.1. The van der Waals surface area contributed by atoms with E-state index in [-0.39, 0.29) is 22.5 Å². The predicted molar refractivity (Wildman–Crippen MR) is 123 cm³/mol. The maximum Gasteiger partial charge on any atom is 0.326 e. The van der Waals surface area contributed by atoms with Gasteiger partial charge in [0.05, 0.1) is 22.5 Å². The highest BCUT2D eigenvalue weighted by molar-refractivity contribution is 7.89. The zero-order valence-electron chi connectivity index (χ0n) is 19.1. The maximum atomic E-state index is 12.7. The Labute approximate surface area is 188 Å². The van der Waals surface area contributed by atoms with Gasteiger partial charge in [0, 0.05) is 32.2 Å². The van der Waals surface area contributed by atoms with Crippen molar-refractivity contribution in [3.63, 3.8) is 0 Å². The second-order valence-electron chi connectivity index (χ2n) is 9.74. The second-order valence-corrected chi connectivity index (χ2v) is 11.6. The average molecular weight is 464 g/mol. The molecule has 0 radical (unpaired) electrons. The molecule has 0 saturated carbocycles. The Morgan fingerprint density at radius 3 is 2.44 bits per heavy atom. The number of hydrogen-bond donors (Lipinski definition) is 2. The van der Waals surface area contributed by atoms with Crippen LogP contribution in [0.5, 0.6) is 0 Å². The molecule has 2 N–H and O–H groups in total. The Hall–Kier alpha value is -2.17. The lowest BCUT2D eigenvalue weighted by atomic mass is 9.82. The molecule has 2 aromatic rings. The summed E-state index contributed by atoms with van der Waals surface area (Å²) in [6.07, 6.45) is 3.62. The number of aromatic nitrogens is 2. The minimum Gasteiger partial charge on any atom is -0.342 e. The second kappa shape index (κ2) is 8.64. The number of rotatable bonds is 5. The van der Waals surface area contributed by atoms with E-state index >= 15 is 0 Å². The number of nitrogens with zero attached hydrogens (tertiary/aromatic N) is 3. The Morgan fingerprint density at radius 2 is 1.81 bits per heavy atom. The summed E-state index contributed by atoms with van der Waals surface area (Å²) in [6, 6.07) is 4.72. The molecule has 0 unspecified atom stereocenters. The van der Waals surface area contributed by atoms with E-state index in [9.17, 15) is 18.0 Å². The monoisotopic (exact) mass is 463 g/mol. The zero-order valence-corrected chi connectivity index (χ0v) is 19.9. The fourth-order valence-electron chi connectivity index (χ4n) is 4.75. The first-order valence-electron chi connectivity index (χ1n) is 11.3. The van der Waals surface area contributed by atoms with Crippen molar-refractivity contribution >= 4 is 27.0 Å². The minimum absolute atomic E-state index is 0.0187. The minimum atomic E-state index is -3.58. The molecule has 4 rings (SSSR count). The van der Waals surface area contributed by atoms with Crippen molar-refractivity contribution in [2.45, 2.75) is 50.5 Å². The van der Waals surface area contributed by atoms with Gasteiger partial charge in [-0.15, -0.1) is 0 Å². The number of benzene rings is 1. The predicted octanol–water partition coefficient (Wildman–Crippen LogP) is 1.52. The molecule has 2 aliphatic rings. The molecular formula is C22H33N5O4S. The van der Waals surface area contributed by atoms with Crippen LogP contribution in [0, 0.1) is 5.41 Å². The van der Waals surface area contributed by atoms with E-state index in [2.05, 4.69) is 28.5 Å². The van der Waals surface area contributed by atoms with Gasteiger partial charge in [0.25, 0.3) is 0 Å². The van der Waals surface area contributed by atoms with Crippen molar-refractivity contribution in [1.29, 1.82) is 0 Å². The topological polar surface area (TPSA) is 108 Å². The molecule has 3 heterocycles. The summed E-state index contributed by atoms with van der Waals surface area (Å²) in [7, 11) is -2.22. The lowest BCUT2D eigenvalue weighted by Gasteiger charge is -2.38. The van der Waals surface area contributed by atoms with Crippen LogP contribution in [0.2, 0.25) is 0 Å². The number of carbonyl (C=O) groups is 1. The third-order valence-corrected chi connectivity index (χ3v) is 8.43. The van der Waals surface area contributed by atoms with Crippen molar-refractivity contribution < 1.29 is 13.2 Å². The highest BCUT2D eigenvalue weighted by atomic mass is 32.2. The molecule has 1 aromatic carbocycles. The van der Waals surface area contributed by atoms with Crippen LogP contribution in [0.15, 0.2) is 27.9 Å². The fraction of sp³-hybridized carbons (Fsp3) is 0.636. The Morgan fingerprint density at radius 1 is 1.16 bits per heavy atom. The number of amides is 1. The van der Waals surface area contributed by atoms with Crippen molar-refractivity contribution in [3.8, 4) is 0 Å². The van der Waals surface area contributed by atoms with Gasteiger partial charge in [0.15, 0.2) is 0 Å². The van der Waals surface area contributed by atoms with Gasteiger partial charge in [-0.3, -0.25) is 14.3 Å². The SMILES string of the molecule is CNS(=O)(=O)c1ccc2c(c1)[nH]c(=O)n2C1CCN(CC(=O)N2CCC(C)(C)CC2)CC1. The van der Waals surface area contributed by atoms with Crippen LogP contribution in [0.4, 0.5) is 0 Å². The normalized spacial score (nSPS) is 20.7. The van der Waals surface area contributed by atoms with E-state index in [0.29, 0.717) is 23.0 Å². The molecule has 9 nitrogen and oxygen atoms in total. The number of aromatic amines is 1. The summed E-state index contributed by atoms with van der Waals surface area (Å²) in [6.45, 7) is 8.11. The Kier molecular flexibility index (Phi) is 6.21. The highest BCUT2D eigenvalue weighted by Gasteiger charge is 2.30. The first-order valence-corrected chi connectivity index (χ1v) is 12.8. The molecule has 2 saturated heterocycles. The van der Waals surface area contributed by atoms with Crippen molar-refractivity contribution in [3.05, 3.63) is 28.7 Å². The van der Waals surface area contributed by atoms with Crippen LogP contribution in [0.3, 0.4) is 0 Å². The number of imidazole rings is 1. The third kappa shape index (κ3) is 4.62. The molecule has 0 spiro atoms. The smallest absolute Gasteiger partial charge is 0.326 e.